The van der Waals surface area contributed by atoms with E-state index in [0.29, 0.717) is 25.3 Å². The Morgan fingerprint density at radius 2 is 2.04 bits per heavy atom. The number of nitrogens with one attached hydrogen (secondary N) is 1. The lowest BCUT2D eigenvalue weighted by atomic mass is 9.98. The highest BCUT2D eigenvalue weighted by Crippen LogP contribution is 2.34. The van der Waals surface area contributed by atoms with E-state index in [9.17, 15) is 13.2 Å². The Labute approximate surface area is 148 Å². The summed E-state index contributed by atoms with van der Waals surface area (Å²) in [6.07, 6.45) is -0.956. The highest BCUT2D eigenvalue weighted by Gasteiger charge is 2.42. The average molecular weight is 363 g/mol. The molecule has 0 bridgehead atoms. The van der Waals surface area contributed by atoms with Gasteiger partial charge >= 0.3 is 6.18 Å². The number of aromatic nitrogens is 4. The Hall–Kier alpha value is -2.51. The first kappa shape index (κ1) is 16.9. The van der Waals surface area contributed by atoms with Gasteiger partial charge in [0.15, 0.2) is 0 Å². The van der Waals surface area contributed by atoms with Gasteiger partial charge in [-0.15, -0.1) is 10.2 Å². The van der Waals surface area contributed by atoms with E-state index in [1.807, 2.05) is 37.5 Å². The fraction of sp³-hybridized carbons (Fsp3) is 0.444. The van der Waals surface area contributed by atoms with E-state index in [4.69, 9.17) is 0 Å². The van der Waals surface area contributed by atoms with E-state index in [1.54, 1.807) is 9.47 Å². The van der Waals surface area contributed by atoms with Gasteiger partial charge in [0.25, 0.3) is 0 Å². The van der Waals surface area contributed by atoms with Gasteiger partial charge in [-0.2, -0.15) is 13.2 Å². The number of aromatic amines is 1. The number of H-pyrrole nitrogens is 1. The minimum atomic E-state index is -4.16. The number of rotatable bonds is 3. The average Bonchev–Trinajstić information content (AvgIpc) is 3.19. The molecule has 0 spiro atoms. The maximum absolute atomic E-state index is 13.1. The van der Waals surface area contributed by atoms with Crippen molar-refractivity contribution in [3.8, 4) is 0 Å². The van der Waals surface area contributed by atoms with Crippen LogP contribution in [0.1, 0.15) is 24.2 Å². The van der Waals surface area contributed by atoms with Crippen molar-refractivity contribution in [3.05, 3.63) is 41.9 Å². The number of anilines is 1. The Balaban J connectivity index is 1.57. The number of alkyl halides is 3. The summed E-state index contributed by atoms with van der Waals surface area (Å²) in [5.41, 5.74) is 2.14. The lowest BCUT2D eigenvalue weighted by Crippen LogP contribution is -2.42. The molecule has 2 aromatic heterocycles. The SMILES string of the molecule is Cn1c(Cc2c[nH]c3ccccc23)nnc1N1CCCC(C(F)(F)F)C1. The van der Waals surface area contributed by atoms with Crippen molar-refractivity contribution in [2.24, 2.45) is 13.0 Å². The van der Waals surface area contributed by atoms with Crippen LogP contribution in [-0.2, 0) is 13.5 Å². The summed E-state index contributed by atoms with van der Waals surface area (Å²) in [6, 6.07) is 7.99. The molecule has 0 amide bonds. The standard InChI is InChI=1S/C18H20F3N5/c1-25-16(9-12-10-22-15-7-3-2-6-14(12)15)23-24-17(25)26-8-4-5-13(11-26)18(19,20)21/h2-3,6-7,10,13,22H,4-5,8-9,11H2,1H3. The number of nitrogens with zero attached hydrogens (tertiary/aromatic N) is 4. The van der Waals surface area contributed by atoms with Crippen molar-refractivity contribution >= 4 is 16.9 Å². The van der Waals surface area contributed by atoms with E-state index >= 15 is 0 Å². The number of hydrogen-bond acceptors (Lipinski definition) is 3. The van der Waals surface area contributed by atoms with Gasteiger partial charge in [0.1, 0.15) is 5.82 Å². The predicted molar refractivity (Wildman–Crippen MR) is 93.1 cm³/mol. The lowest BCUT2D eigenvalue weighted by Gasteiger charge is -2.34. The molecule has 1 aliphatic heterocycles. The summed E-state index contributed by atoms with van der Waals surface area (Å²) < 4.78 is 41.0. The van der Waals surface area contributed by atoms with Gasteiger partial charge in [0.05, 0.1) is 5.92 Å². The summed E-state index contributed by atoms with van der Waals surface area (Å²) in [5.74, 6) is -0.0577. The second-order valence-electron chi connectivity index (χ2n) is 6.84. The number of hydrogen-bond donors (Lipinski definition) is 1. The summed E-state index contributed by atoms with van der Waals surface area (Å²) in [6.45, 7) is 0.522. The van der Waals surface area contributed by atoms with Gasteiger partial charge in [0, 0.05) is 43.7 Å². The third-order valence-corrected chi connectivity index (χ3v) is 5.13. The zero-order chi connectivity index (χ0) is 18.3. The number of halogens is 3. The molecular weight excluding hydrogens is 343 g/mol. The van der Waals surface area contributed by atoms with Crippen molar-refractivity contribution in [1.29, 1.82) is 0 Å². The molecule has 5 nitrogen and oxygen atoms in total. The minimum absolute atomic E-state index is 0.0530. The number of piperidine rings is 1. The van der Waals surface area contributed by atoms with E-state index in [2.05, 4.69) is 15.2 Å². The van der Waals surface area contributed by atoms with Crippen LogP contribution in [0.25, 0.3) is 10.9 Å². The van der Waals surface area contributed by atoms with Crippen molar-refractivity contribution < 1.29 is 13.2 Å². The Kier molecular flexibility index (Phi) is 4.13. The zero-order valence-electron chi connectivity index (χ0n) is 14.4. The smallest absolute Gasteiger partial charge is 0.361 e. The van der Waals surface area contributed by atoms with Crippen LogP contribution in [0.4, 0.5) is 19.1 Å². The first-order valence-electron chi connectivity index (χ1n) is 8.68. The Bertz CT molecular complexity index is 911. The van der Waals surface area contributed by atoms with E-state index < -0.39 is 12.1 Å². The molecule has 26 heavy (non-hydrogen) atoms. The first-order valence-corrected chi connectivity index (χ1v) is 8.68. The van der Waals surface area contributed by atoms with Crippen LogP contribution < -0.4 is 4.90 Å². The number of para-hydroxylation sites is 1. The summed E-state index contributed by atoms with van der Waals surface area (Å²) in [5, 5.41) is 9.53. The predicted octanol–water partition coefficient (Wildman–Crippen LogP) is 3.67. The molecule has 1 fully saturated rings. The molecule has 138 valence electrons. The summed E-state index contributed by atoms with van der Waals surface area (Å²) >= 11 is 0. The monoisotopic (exact) mass is 363 g/mol. The molecule has 4 rings (SSSR count). The maximum Gasteiger partial charge on any atom is 0.393 e. The number of benzene rings is 1. The van der Waals surface area contributed by atoms with Gasteiger partial charge < -0.3 is 14.5 Å². The molecule has 1 saturated heterocycles. The van der Waals surface area contributed by atoms with E-state index in [1.165, 1.54) is 0 Å². The third-order valence-electron chi connectivity index (χ3n) is 5.13. The molecule has 0 aliphatic carbocycles. The van der Waals surface area contributed by atoms with Gasteiger partial charge in [0.2, 0.25) is 5.95 Å². The second-order valence-corrected chi connectivity index (χ2v) is 6.84. The van der Waals surface area contributed by atoms with Crippen molar-refractivity contribution in [3.63, 3.8) is 0 Å². The Morgan fingerprint density at radius 1 is 1.23 bits per heavy atom. The fourth-order valence-corrected chi connectivity index (χ4v) is 3.66. The molecule has 1 atom stereocenters. The first-order chi connectivity index (χ1) is 12.4. The summed E-state index contributed by atoms with van der Waals surface area (Å²) in [7, 11) is 1.82. The molecule has 1 aliphatic rings. The van der Waals surface area contributed by atoms with Crippen LogP contribution in [0.5, 0.6) is 0 Å². The van der Waals surface area contributed by atoms with E-state index in [-0.39, 0.29) is 13.0 Å². The molecule has 1 N–H and O–H groups in total. The molecule has 0 radical (unpaired) electrons. The van der Waals surface area contributed by atoms with Gasteiger partial charge in [-0.3, -0.25) is 0 Å². The molecule has 1 unspecified atom stereocenters. The van der Waals surface area contributed by atoms with Crippen LogP contribution in [0.15, 0.2) is 30.5 Å². The molecule has 3 aromatic rings. The normalized spacial score (nSPS) is 18.6. The largest absolute Gasteiger partial charge is 0.393 e. The van der Waals surface area contributed by atoms with Crippen LogP contribution in [0.2, 0.25) is 0 Å². The van der Waals surface area contributed by atoms with Crippen molar-refractivity contribution in [1.82, 2.24) is 19.7 Å². The molecule has 3 heterocycles. The topological polar surface area (TPSA) is 49.7 Å². The van der Waals surface area contributed by atoms with Gasteiger partial charge in [-0.1, -0.05) is 18.2 Å². The quantitative estimate of drug-likeness (QED) is 0.773. The highest BCUT2D eigenvalue weighted by molar-refractivity contribution is 5.83. The highest BCUT2D eigenvalue weighted by atomic mass is 19.4. The number of fused-ring (bicyclic) bond motifs is 1. The van der Waals surface area contributed by atoms with Gasteiger partial charge in [-0.05, 0) is 24.5 Å². The third kappa shape index (κ3) is 3.04. The lowest BCUT2D eigenvalue weighted by molar-refractivity contribution is -0.176. The summed E-state index contributed by atoms with van der Waals surface area (Å²) in [4.78, 5) is 4.93. The van der Waals surface area contributed by atoms with E-state index in [0.717, 1.165) is 22.3 Å². The molecule has 0 saturated carbocycles. The van der Waals surface area contributed by atoms with Gasteiger partial charge in [-0.25, -0.2) is 0 Å². The zero-order valence-corrected chi connectivity index (χ0v) is 14.4. The van der Waals surface area contributed by atoms with Crippen LogP contribution in [0.3, 0.4) is 0 Å². The van der Waals surface area contributed by atoms with Crippen LogP contribution >= 0.6 is 0 Å². The van der Waals surface area contributed by atoms with Crippen LogP contribution in [-0.4, -0.2) is 39.0 Å². The van der Waals surface area contributed by atoms with Crippen molar-refractivity contribution in [2.75, 3.05) is 18.0 Å². The second kappa shape index (κ2) is 6.34. The molecular formula is C18H20F3N5. The fourth-order valence-electron chi connectivity index (χ4n) is 3.66. The Morgan fingerprint density at radius 3 is 2.85 bits per heavy atom. The van der Waals surface area contributed by atoms with Crippen molar-refractivity contribution in [2.45, 2.75) is 25.4 Å². The minimum Gasteiger partial charge on any atom is -0.361 e. The van der Waals surface area contributed by atoms with Crippen LogP contribution in [0, 0.1) is 5.92 Å². The molecule has 1 aromatic carbocycles. The maximum atomic E-state index is 13.1. The molecule has 8 heteroatoms.